The van der Waals surface area contributed by atoms with E-state index in [0.717, 1.165) is 12.2 Å². The van der Waals surface area contributed by atoms with Gasteiger partial charge in [-0.15, -0.1) is 0 Å². The first-order valence-corrected chi connectivity index (χ1v) is 2.64. The van der Waals surface area contributed by atoms with E-state index in [4.69, 9.17) is 10.4 Å². The highest BCUT2D eigenvalue weighted by Gasteiger charge is 2.34. The maximum absolute atomic E-state index is 10.7. The number of rotatable bonds is 1. The van der Waals surface area contributed by atoms with Crippen LogP contribution in [0.5, 0.6) is 0 Å². The van der Waals surface area contributed by atoms with Crippen LogP contribution < -0.4 is 0 Å². The summed E-state index contributed by atoms with van der Waals surface area (Å²) in [6, 6.07) is 0. The van der Waals surface area contributed by atoms with Crippen molar-refractivity contribution in [2.45, 2.75) is 5.79 Å². The average Bonchev–Trinajstić information content (AvgIpc) is 1.96. The first-order chi connectivity index (χ1) is 4.69. The molecule has 0 aromatic heterocycles. The van der Waals surface area contributed by atoms with Crippen LogP contribution in [0.1, 0.15) is 0 Å². The normalized spacial score (nSPS) is 31.2. The minimum Gasteiger partial charge on any atom is -0.354 e. The lowest BCUT2D eigenvalue weighted by Crippen LogP contribution is -2.38. The summed E-state index contributed by atoms with van der Waals surface area (Å²) in [6.07, 6.45) is 5.00. The topological polar surface area (TPSA) is 66.8 Å². The summed E-state index contributed by atoms with van der Waals surface area (Å²) in [5.74, 6) is -2.87. The van der Waals surface area contributed by atoms with Gasteiger partial charge in [0.2, 0.25) is 5.78 Å². The summed E-state index contributed by atoms with van der Waals surface area (Å²) in [6.45, 7) is 0. The number of allylic oxidation sites excluding steroid dienone is 2. The van der Waals surface area contributed by atoms with E-state index in [1.165, 1.54) is 12.2 Å². The van der Waals surface area contributed by atoms with E-state index in [9.17, 15) is 4.79 Å². The zero-order valence-corrected chi connectivity index (χ0v) is 5.02. The van der Waals surface area contributed by atoms with E-state index in [2.05, 4.69) is 4.89 Å². The first kappa shape index (κ1) is 7.14. The van der Waals surface area contributed by atoms with Gasteiger partial charge >= 0.3 is 0 Å². The smallest absolute Gasteiger partial charge is 0.281 e. The van der Waals surface area contributed by atoms with Crippen molar-refractivity contribution in [3.05, 3.63) is 24.3 Å². The van der Waals surface area contributed by atoms with Crippen molar-refractivity contribution >= 4 is 5.78 Å². The molecule has 1 aliphatic carbocycles. The Kier molecular flexibility index (Phi) is 1.67. The van der Waals surface area contributed by atoms with Crippen molar-refractivity contribution in [2.75, 3.05) is 0 Å². The molecule has 4 heteroatoms. The Bertz CT molecular complexity index is 206. The van der Waals surface area contributed by atoms with Gasteiger partial charge in [0.15, 0.2) is 0 Å². The molecule has 1 unspecified atom stereocenters. The molecule has 0 fully saturated rings. The predicted octanol–water partition coefficient (Wildman–Crippen LogP) is -0.140. The maximum atomic E-state index is 10.7. The lowest BCUT2D eigenvalue weighted by atomic mass is 10.1. The fraction of sp³-hybridized carbons (Fsp3) is 0.167. The van der Waals surface area contributed by atoms with E-state index in [1.54, 1.807) is 0 Å². The molecule has 0 saturated carbocycles. The van der Waals surface area contributed by atoms with E-state index in [0.29, 0.717) is 0 Å². The van der Waals surface area contributed by atoms with E-state index in [-0.39, 0.29) is 0 Å². The van der Waals surface area contributed by atoms with Crippen molar-refractivity contribution in [3.63, 3.8) is 0 Å². The van der Waals surface area contributed by atoms with Crippen LogP contribution in [-0.2, 0) is 9.68 Å². The van der Waals surface area contributed by atoms with Crippen LogP contribution >= 0.6 is 0 Å². The Labute approximate surface area is 57.0 Å². The van der Waals surface area contributed by atoms with Crippen LogP contribution in [0.4, 0.5) is 0 Å². The molecule has 10 heavy (non-hydrogen) atoms. The second-order valence-electron chi connectivity index (χ2n) is 1.87. The van der Waals surface area contributed by atoms with E-state index >= 15 is 0 Å². The van der Waals surface area contributed by atoms with E-state index in [1.807, 2.05) is 0 Å². The molecule has 2 N–H and O–H groups in total. The fourth-order valence-electron chi connectivity index (χ4n) is 0.606. The Morgan fingerprint density at radius 1 is 1.50 bits per heavy atom. The third kappa shape index (κ3) is 0.995. The third-order valence-electron chi connectivity index (χ3n) is 1.17. The van der Waals surface area contributed by atoms with Gasteiger partial charge in [0.1, 0.15) is 0 Å². The minimum absolute atomic E-state index is 0.697. The van der Waals surface area contributed by atoms with Crippen LogP contribution in [0.2, 0.25) is 0 Å². The van der Waals surface area contributed by atoms with Crippen molar-refractivity contribution in [1.82, 2.24) is 0 Å². The zero-order chi connectivity index (χ0) is 7.61. The largest absolute Gasteiger partial charge is 0.354 e. The van der Waals surface area contributed by atoms with Gasteiger partial charge in [0.05, 0.1) is 0 Å². The highest BCUT2D eigenvalue weighted by molar-refractivity contribution is 5.98. The number of carbonyl (C=O) groups excluding carboxylic acids is 1. The molecule has 0 radical (unpaired) electrons. The quantitative estimate of drug-likeness (QED) is 0.304. The molecule has 0 bridgehead atoms. The SMILES string of the molecule is O=C1C=CC=CC1(O)OO. The molecule has 0 amide bonds. The summed E-state index contributed by atoms with van der Waals surface area (Å²) >= 11 is 0. The van der Waals surface area contributed by atoms with Gasteiger partial charge in [0, 0.05) is 0 Å². The van der Waals surface area contributed by atoms with Gasteiger partial charge < -0.3 is 5.11 Å². The van der Waals surface area contributed by atoms with Crippen molar-refractivity contribution in [2.24, 2.45) is 0 Å². The monoisotopic (exact) mass is 142 g/mol. The third-order valence-corrected chi connectivity index (χ3v) is 1.17. The Morgan fingerprint density at radius 3 is 2.60 bits per heavy atom. The standard InChI is InChI=1S/C6H6O4/c7-5-3-1-2-4-6(5,8)10-9/h1-4,8-9H. The molecule has 54 valence electrons. The summed E-state index contributed by atoms with van der Waals surface area (Å²) in [5.41, 5.74) is 0. The van der Waals surface area contributed by atoms with Gasteiger partial charge in [-0.05, 0) is 12.2 Å². The van der Waals surface area contributed by atoms with Crippen molar-refractivity contribution in [3.8, 4) is 0 Å². The minimum atomic E-state index is -2.17. The second-order valence-corrected chi connectivity index (χ2v) is 1.87. The number of carbonyl (C=O) groups is 1. The van der Waals surface area contributed by atoms with Crippen LogP contribution in [0.15, 0.2) is 24.3 Å². The number of hydrogen-bond acceptors (Lipinski definition) is 4. The van der Waals surface area contributed by atoms with Crippen LogP contribution in [0.3, 0.4) is 0 Å². The Balaban J connectivity index is 2.88. The molecular formula is C6H6O4. The molecule has 1 aliphatic rings. The molecule has 0 aromatic carbocycles. The highest BCUT2D eigenvalue weighted by atomic mass is 17.1. The summed E-state index contributed by atoms with van der Waals surface area (Å²) in [4.78, 5) is 14.2. The maximum Gasteiger partial charge on any atom is 0.281 e. The van der Waals surface area contributed by atoms with Gasteiger partial charge in [-0.2, -0.15) is 4.89 Å². The van der Waals surface area contributed by atoms with Crippen LogP contribution in [0.25, 0.3) is 0 Å². The Hall–Kier alpha value is -0.970. The second kappa shape index (κ2) is 2.34. The summed E-state index contributed by atoms with van der Waals surface area (Å²) in [5, 5.41) is 17.1. The lowest BCUT2D eigenvalue weighted by Gasteiger charge is -2.17. The van der Waals surface area contributed by atoms with Crippen molar-refractivity contribution < 1.29 is 20.0 Å². The molecule has 0 spiro atoms. The lowest BCUT2D eigenvalue weighted by molar-refractivity contribution is -0.353. The van der Waals surface area contributed by atoms with Gasteiger partial charge in [0.25, 0.3) is 5.79 Å². The van der Waals surface area contributed by atoms with Crippen LogP contribution in [0, 0.1) is 0 Å². The van der Waals surface area contributed by atoms with Gasteiger partial charge in [-0.25, -0.2) is 5.26 Å². The highest BCUT2D eigenvalue weighted by Crippen LogP contribution is 2.13. The molecule has 1 atom stereocenters. The van der Waals surface area contributed by atoms with Gasteiger partial charge in [-0.3, -0.25) is 4.79 Å². The molecular weight excluding hydrogens is 136 g/mol. The molecule has 4 nitrogen and oxygen atoms in total. The molecule has 0 aromatic rings. The van der Waals surface area contributed by atoms with Crippen LogP contribution in [-0.4, -0.2) is 21.9 Å². The number of aliphatic hydroxyl groups is 1. The number of hydrogen-bond donors (Lipinski definition) is 2. The Morgan fingerprint density at radius 2 is 2.20 bits per heavy atom. The zero-order valence-electron chi connectivity index (χ0n) is 5.02. The fourth-order valence-corrected chi connectivity index (χ4v) is 0.606. The molecule has 1 rings (SSSR count). The first-order valence-electron chi connectivity index (χ1n) is 2.64. The average molecular weight is 142 g/mol. The molecule has 0 aliphatic heterocycles. The number of ketones is 1. The van der Waals surface area contributed by atoms with E-state index < -0.39 is 11.6 Å². The van der Waals surface area contributed by atoms with Crippen molar-refractivity contribution in [1.29, 1.82) is 0 Å². The summed E-state index contributed by atoms with van der Waals surface area (Å²) < 4.78 is 0. The van der Waals surface area contributed by atoms with Gasteiger partial charge in [-0.1, -0.05) is 12.2 Å². The summed E-state index contributed by atoms with van der Waals surface area (Å²) in [7, 11) is 0. The molecule has 0 heterocycles. The molecule has 0 saturated heterocycles. The predicted molar refractivity (Wildman–Crippen MR) is 32.0 cm³/mol.